The molecule has 0 spiro atoms. The van der Waals surface area contributed by atoms with Crippen LogP contribution in [-0.4, -0.2) is 24.1 Å². The van der Waals surface area contributed by atoms with Gasteiger partial charge in [0, 0.05) is 5.56 Å². The molecule has 0 saturated heterocycles. The van der Waals surface area contributed by atoms with Gasteiger partial charge in [0.05, 0.1) is 19.6 Å². The first kappa shape index (κ1) is 30.2. The van der Waals surface area contributed by atoms with Gasteiger partial charge < -0.3 is 4.48 Å². The van der Waals surface area contributed by atoms with Crippen LogP contribution in [0.15, 0.2) is 30.3 Å². The van der Waals surface area contributed by atoms with Crippen molar-refractivity contribution in [2.75, 3.05) is 19.6 Å². The van der Waals surface area contributed by atoms with E-state index in [4.69, 9.17) is 0 Å². The first-order valence-corrected chi connectivity index (χ1v) is 15.2. The van der Waals surface area contributed by atoms with Crippen molar-refractivity contribution in [1.29, 1.82) is 0 Å². The molecule has 0 aromatic heterocycles. The average Bonchev–Trinajstić information content (AvgIpc) is 2.83. The van der Waals surface area contributed by atoms with Crippen molar-refractivity contribution in [2.24, 2.45) is 0 Å². The lowest BCUT2D eigenvalue weighted by Gasteiger charge is -2.39. The van der Waals surface area contributed by atoms with Gasteiger partial charge in [0.25, 0.3) is 0 Å². The molecule has 1 rings (SSSR count). The molecule has 0 aliphatic rings. The van der Waals surface area contributed by atoms with Gasteiger partial charge >= 0.3 is 0 Å². The Labute approximate surface area is 209 Å². The molecule has 192 valence electrons. The Kier molecular flexibility index (Phi) is 19.9. The van der Waals surface area contributed by atoms with E-state index < -0.39 is 0 Å². The molecule has 0 amide bonds. The van der Waals surface area contributed by atoms with Crippen molar-refractivity contribution in [2.45, 2.75) is 149 Å². The Hall–Kier alpha value is -0.820. The fourth-order valence-electron chi connectivity index (χ4n) is 5.53. The summed E-state index contributed by atoms with van der Waals surface area (Å²) in [6.45, 7) is 12.4. The Morgan fingerprint density at radius 1 is 0.424 bits per heavy atom. The number of benzene rings is 1. The Bertz CT molecular complexity index is 486. The van der Waals surface area contributed by atoms with Crippen molar-refractivity contribution >= 4 is 0 Å². The molecule has 1 nitrogen and oxygen atoms in total. The smallest absolute Gasteiger partial charge is 0.104 e. The first-order chi connectivity index (χ1) is 16.3. The van der Waals surface area contributed by atoms with Crippen LogP contribution >= 0.6 is 0 Å². The Balaban J connectivity index is 2.43. The third kappa shape index (κ3) is 16.4. The minimum atomic E-state index is 1.24. The highest BCUT2D eigenvalue weighted by Crippen LogP contribution is 2.21. The minimum Gasteiger partial charge on any atom is -0.320 e. The van der Waals surface area contributed by atoms with Crippen LogP contribution in [0.1, 0.15) is 148 Å². The maximum atomic E-state index is 2.39. The molecule has 0 radical (unpaired) electrons. The van der Waals surface area contributed by atoms with E-state index in [1.165, 1.54) is 158 Å². The summed E-state index contributed by atoms with van der Waals surface area (Å²) < 4.78 is 1.33. The molecule has 0 heterocycles. The number of rotatable bonds is 24. The fourth-order valence-corrected chi connectivity index (χ4v) is 5.53. The molecule has 0 fully saturated rings. The van der Waals surface area contributed by atoms with Crippen molar-refractivity contribution < 1.29 is 4.48 Å². The molecule has 0 atom stereocenters. The van der Waals surface area contributed by atoms with Crippen molar-refractivity contribution in [3.63, 3.8) is 0 Å². The molecule has 1 aromatic rings. The lowest BCUT2D eigenvalue weighted by atomic mass is 10.0. The highest BCUT2D eigenvalue weighted by atomic mass is 15.3. The number of hydrogen-bond acceptors (Lipinski definition) is 0. The highest BCUT2D eigenvalue weighted by Gasteiger charge is 2.26. The van der Waals surface area contributed by atoms with Gasteiger partial charge in [-0.1, -0.05) is 141 Å². The molecular weight excluding hydrogens is 398 g/mol. The molecule has 0 saturated carbocycles. The van der Waals surface area contributed by atoms with Crippen LogP contribution in [0.5, 0.6) is 0 Å². The molecule has 0 aliphatic heterocycles. The molecule has 0 N–H and O–H groups in total. The van der Waals surface area contributed by atoms with E-state index in [1.807, 2.05) is 0 Å². The molecule has 1 aromatic carbocycles. The number of quaternary nitrogens is 1. The quantitative estimate of drug-likeness (QED) is 0.107. The summed E-state index contributed by atoms with van der Waals surface area (Å²) in [4.78, 5) is 0. The van der Waals surface area contributed by atoms with Crippen molar-refractivity contribution in [3.05, 3.63) is 35.9 Å². The van der Waals surface area contributed by atoms with Crippen LogP contribution in [0.4, 0.5) is 0 Å². The van der Waals surface area contributed by atoms with Crippen molar-refractivity contribution in [1.82, 2.24) is 0 Å². The summed E-state index contributed by atoms with van der Waals surface area (Å²) in [5.41, 5.74) is 1.54. The topological polar surface area (TPSA) is 0 Å². The fraction of sp³-hybridized carbons (Fsp3) is 0.812. The van der Waals surface area contributed by atoms with Gasteiger partial charge in [-0.05, 0) is 32.1 Å². The predicted molar refractivity (Wildman–Crippen MR) is 150 cm³/mol. The van der Waals surface area contributed by atoms with Crippen LogP contribution in [0, 0.1) is 0 Å². The normalized spacial score (nSPS) is 11.8. The second kappa shape index (κ2) is 21.7. The monoisotopic (exact) mass is 458 g/mol. The predicted octanol–water partition coefficient (Wildman–Crippen LogP) is 10.5. The number of hydrogen-bond donors (Lipinski definition) is 0. The maximum Gasteiger partial charge on any atom is 0.104 e. The van der Waals surface area contributed by atoms with Gasteiger partial charge in [-0.25, -0.2) is 0 Å². The summed E-state index contributed by atoms with van der Waals surface area (Å²) in [5.74, 6) is 0. The van der Waals surface area contributed by atoms with E-state index in [-0.39, 0.29) is 0 Å². The zero-order valence-corrected chi connectivity index (χ0v) is 23.1. The average molecular weight is 459 g/mol. The standard InChI is InChI=1S/C32H60N/c1-4-7-9-11-13-15-17-19-24-29-33(28-6-3,31-32-26-22-21-23-27-32)30-25-20-18-16-14-12-10-8-5-2/h21-23,26-27H,4-20,24-25,28-31H2,1-3H3/q+1. The van der Waals surface area contributed by atoms with Gasteiger partial charge in [0.2, 0.25) is 0 Å². The van der Waals surface area contributed by atoms with E-state index in [9.17, 15) is 0 Å². The van der Waals surface area contributed by atoms with Crippen LogP contribution in [0.3, 0.4) is 0 Å². The second-order valence-corrected chi connectivity index (χ2v) is 10.8. The second-order valence-electron chi connectivity index (χ2n) is 10.8. The summed E-state index contributed by atoms with van der Waals surface area (Å²) in [5, 5.41) is 0. The van der Waals surface area contributed by atoms with Crippen LogP contribution in [0.2, 0.25) is 0 Å². The molecule has 0 unspecified atom stereocenters. The highest BCUT2D eigenvalue weighted by molar-refractivity contribution is 5.13. The lowest BCUT2D eigenvalue weighted by molar-refractivity contribution is -0.941. The van der Waals surface area contributed by atoms with Crippen LogP contribution in [0.25, 0.3) is 0 Å². The van der Waals surface area contributed by atoms with E-state index in [0.29, 0.717) is 0 Å². The zero-order chi connectivity index (χ0) is 23.9. The molecule has 33 heavy (non-hydrogen) atoms. The summed E-state index contributed by atoms with van der Waals surface area (Å²) in [7, 11) is 0. The van der Waals surface area contributed by atoms with E-state index in [2.05, 4.69) is 51.1 Å². The number of unbranched alkanes of at least 4 members (excludes halogenated alkanes) is 16. The first-order valence-electron chi connectivity index (χ1n) is 15.2. The largest absolute Gasteiger partial charge is 0.320 e. The van der Waals surface area contributed by atoms with Gasteiger partial charge in [-0.3, -0.25) is 0 Å². The third-order valence-corrected chi connectivity index (χ3v) is 7.53. The summed E-state index contributed by atoms with van der Waals surface area (Å²) in [6, 6.07) is 11.3. The van der Waals surface area contributed by atoms with E-state index in [1.54, 1.807) is 0 Å². The zero-order valence-electron chi connectivity index (χ0n) is 23.1. The molecule has 0 bridgehead atoms. The maximum absolute atomic E-state index is 2.39. The van der Waals surface area contributed by atoms with Crippen molar-refractivity contribution in [3.8, 4) is 0 Å². The van der Waals surface area contributed by atoms with E-state index >= 15 is 0 Å². The van der Waals surface area contributed by atoms with Gasteiger partial charge in [0.1, 0.15) is 6.54 Å². The van der Waals surface area contributed by atoms with E-state index in [0.717, 1.165) is 0 Å². The van der Waals surface area contributed by atoms with Gasteiger partial charge in [-0.15, -0.1) is 0 Å². The minimum absolute atomic E-state index is 1.24. The lowest BCUT2D eigenvalue weighted by Crippen LogP contribution is -2.49. The summed E-state index contributed by atoms with van der Waals surface area (Å²) in [6.07, 6.45) is 27.1. The molecule has 0 aliphatic carbocycles. The molecular formula is C32H60N+. The summed E-state index contributed by atoms with van der Waals surface area (Å²) >= 11 is 0. The van der Waals surface area contributed by atoms with Crippen LogP contribution < -0.4 is 0 Å². The SMILES string of the molecule is CCCCCCCCCCC[N+](CCC)(CCCCCCCCCCC)Cc1ccccc1. The van der Waals surface area contributed by atoms with Crippen LogP contribution in [-0.2, 0) is 6.54 Å². The van der Waals surface area contributed by atoms with Gasteiger partial charge in [0.15, 0.2) is 0 Å². The third-order valence-electron chi connectivity index (χ3n) is 7.53. The Morgan fingerprint density at radius 3 is 1.21 bits per heavy atom. The number of nitrogens with zero attached hydrogens (tertiary/aromatic N) is 1. The Morgan fingerprint density at radius 2 is 0.818 bits per heavy atom. The van der Waals surface area contributed by atoms with Gasteiger partial charge in [-0.2, -0.15) is 0 Å². The molecule has 1 heteroatoms.